The maximum atomic E-state index is 13.3. The van der Waals surface area contributed by atoms with Crippen LogP contribution in [0.2, 0.25) is 5.15 Å². The molecule has 1 aliphatic heterocycles. The molecule has 1 aromatic heterocycles. The molecule has 1 aromatic rings. The molecule has 110 valence electrons. The fourth-order valence-electron chi connectivity index (χ4n) is 2.02. The molecule has 2 heterocycles. The van der Waals surface area contributed by atoms with E-state index >= 15 is 0 Å². The Bertz CT molecular complexity index is 514. The van der Waals surface area contributed by atoms with Gasteiger partial charge in [0.1, 0.15) is 5.82 Å². The van der Waals surface area contributed by atoms with E-state index < -0.39 is 11.8 Å². The number of nitrogen functional groups attached to an aromatic ring is 1. The molecule has 0 saturated carbocycles. The van der Waals surface area contributed by atoms with E-state index in [4.69, 9.17) is 17.4 Å². The molecule has 6 nitrogen and oxygen atoms in total. The summed E-state index contributed by atoms with van der Waals surface area (Å²) in [5.41, 5.74) is 1.79. The van der Waals surface area contributed by atoms with Gasteiger partial charge in [0, 0.05) is 25.9 Å². The monoisotopic (exact) mass is 305 g/mol. The van der Waals surface area contributed by atoms with Gasteiger partial charge in [-0.2, -0.15) is 0 Å². The maximum Gasteiger partial charge on any atom is 0.287 e. The Morgan fingerprint density at radius 2 is 2.20 bits per heavy atom. The predicted octanol–water partition coefficient (Wildman–Crippen LogP) is 1.36. The lowest BCUT2D eigenvalue weighted by Gasteiger charge is -2.21. The average Bonchev–Trinajstić information content (AvgIpc) is 2.59. The Morgan fingerprint density at radius 3 is 2.90 bits per heavy atom. The molecule has 0 unspecified atom stereocenters. The molecule has 2 rings (SSSR count). The lowest BCUT2D eigenvalue weighted by molar-refractivity contribution is -0.0102. The highest BCUT2D eigenvalue weighted by atomic mass is 35.5. The molecular weight excluding hydrogens is 292 g/mol. The second-order valence-corrected chi connectivity index (χ2v) is 4.90. The van der Waals surface area contributed by atoms with Crippen LogP contribution in [0.1, 0.15) is 29.8 Å². The number of nitrogens with zero attached hydrogens (tertiary/aromatic N) is 3. The van der Waals surface area contributed by atoms with E-state index in [1.54, 1.807) is 4.90 Å². The lowest BCUT2D eigenvalue weighted by Crippen LogP contribution is -2.32. The Balaban J connectivity index is 2.22. The summed E-state index contributed by atoms with van der Waals surface area (Å²) in [6.07, 6.45) is 1.30. The molecule has 0 atom stereocenters. The topological polar surface area (TPSA) is 84.1 Å². The average molecular weight is 306 g/mol. The van der Waals surface area contributed by atoms with Crippen LogP contribution < -0.4 is 16.2 Å². The number of carbonyl (C=O) groups is 1. The molecule has 9 heteroatoms. The number of aromatic nitrogens is 2. The third-order valence-electron chi connectivity index (χ3n) is 3.10. The number of amides is 1. The van der Waals surface area contributed by atoms with Gasteiger partial charge in [-0.25, -0.2) is 24.6 Å². The van der Waals surface area contributed by atoms with E-state index in [9.17, 15) is 13.6 Å². The Kier molecular flexibility index (Phi) is 4.34. The molecule has 1 saturated heterocycles. The third kappa shape index (κ3) is 3.31. The van der Waals surface area contributed by atoms with Crippen LogP contribution in [0.25, 0.3) is 0 Å². The van der Waals surface area contributed by atoms with Crippen molar-refractivity contribution in [3.05, 3.63) is 17.0 Å². The molecule has 0 bridgehead atoms. The fourth-order valence-corrected chi connectivity index (χ4v) is 2.20. The second kappa shape index (κ2) is 5.84. The molecule has 1 aliphatic rings. The van der Waals surface area contributed by atoms with E-state index in [1.165, 1.54) is 6.20 Å². The first-order valence-corrected chi connectivity index (χ1v) is 6.47. The van der Waals surface area contributed by atoms with Gasteiger partial charge in [0.15, 0.2) is 10.8 Å². The summed E-state index contributed by atoms with van der Waals surface area (Å²) < 4.78 is 26.6. The molecule has 0 spiro atoms. The number of alkyl halides is 2. The molecule has 1 amide bonds. The molecule has 0 aliphatic carbocycles. The van der Waals surface area contributed by atoms with Gasteiger partial charge in [-0.3, -0.25) is 10.2 Å². The SMILES string of the molecule is NNC(=O)c1nc(N2CCCC(F)(F)CC2)cnc1Cl. The highest BCUT2D eigenvalue weighted by Crippen LogP contribution is 2.29. The maximum absolute atomic E-state index is 13.3. The van der Waals surface area contributed by atoms with Crippen molar-refractivity contribution in [3.8, 4) is 0 Å². The summed E-state index contributed by atoms with van der Waals surface area (Å²) in [6, 6.07) is 0. The van der Waals surface area contributed by atoms with E-state index in [0.717, 1.165) is 0 Å². The Hall–Kier alpha value is -1.54. The molecular formula is C11H14ClF2N5O. The second-order valence-electron chi connectivity index (χ2n) is 4.54. The highest BCUT2D eigenvalue weighted by Gasteiger charge is 2.32. The van der Waals surface area contributed by atoms with Crippen molar-refractivity contribution in [2.75, 3.05) is 18.0 Å². The zero-order valence-corrected chi connectivity index (χ0v) is 11.3. The molecule has 0 aromatic carbocycles. The standard InChI is InChI=1S/C11H14ClF2N5O/c12-9-8(10(20)18-15)17-7(6-16-9)19-4-1-2-11(13,14)3-5-19/h6H,1-5,15H2,(H,18,20). The van der Waals surface area contributed by atoms with Gasteiger partial charge in [-0.1, -0.05) is 11.6 Å². The number of nitrogens with one attached hydrogen (secondary N) is 1. The minimum absolute atomic E-state index is 0.0862. The van der Waals surface area contributed by atoms with Crippen molar-refractivity contribution in [1.82, 2.24) is 15.4 Å². The number of carbonyl (C=O) groups excluding carboxylic acids is 1. The van der Waals surface area contributed by atoms with Crippen LogP contribution in [0.4, 0.5) is 14.6 Å². The van der Waals surface area contributed by atoms with Gasteiger partial charge >= 0.3 is 0 Å². The van der Waals surface area contributed by atoms with Crippen molar-refractivity contribution in [2.45, 2.75) is 25.2 Å². The molecule has 1 fully saturated rings. The first kappa shape index (κ1) is 14.9. The van der Waals surface area contributed by atoms with Crippen molar-refractivity contribution in [2.24, 2.45) is 5.84 Å². The summed E-state index contributed by atoms with van der Waals surface area (Å²) in [6.45, 7) is 0.572. The van der Waals surface area contributed by atoms with Crippen LogP contribution in [0, 0.1) is 0 Å². The van der Waals surface area contributed by atoms with E-state index in [1.807, 2.05) is 5.43 Å². The number of rotatable bonds is 2. The number of anilines is 1. The van der Waals surface area contributed by atoms with E-state index in [0.29, 0.717) is 18.8 Å². The van der Waals surface area contributed by atoms with Crippen LogP contribution >= 0.6 is 11.6 Å². The van der Waals surface area contributed by atoms with Gasteiger partial charge in [0.25, 0.3) is 5.91 Å². The summed E-state index contributed by atoms with van der Waals surface area (Å²) in [7, 11) is 0. The summed E-state index contributed by atoms with van der Waals surface area (Å²) in [5, 5.41) is -0.0862. The summed E-state index contributed by atoms with van der Waals surface area (Å²) in [4.78, 5) is 21.0. The number of hydrogen-bond donors (Lipinski definition) is 2. The third-order valence-corrected chi connectivity index (χ3v) is 3.38. The predicted molar refractivity (Wildman–Crippen MR) is 69.7 cm³/mol. The minimum atomic E-state index is -2.66. The van der Waals surface area contributed by atoms with Gasteiger partial charge in [-0.05, 0) is 6.42 Å². The van der Waals surface area contributed by atoms with E-state index in [-0.39, 0.29) is 30.2 Å². The molecule has 0 radical (unpaired) electrons. The van der Waals surface area contributed by atoms with Crippen molar-refractivity contribution in [3.63, 3.8) is 0 Å². The van der Waals surface area contributed by atoms with Crippen LogP contribution in [-0.2, 0) is 0 Å². The van der Waals surface area contributed by atoms with Gasteiger partial charge in [0.05, 0.1) is 6.20 Å². The zero-order valence-electron chi connectivity index (χ0n) is 10.6. The number of hydrazine groups is 1. The number of hydrogen-bond acceptors (Lipinski definition) is 5. The Morgan fingerprint density at radius 1 is 1.45 bits per heavy atom. The van der Waals surface area contributed by atoms with Crippen LogP contribution in [0.3, 0.4) is 0 Å². The van der Waals surface area contributed by atoms with Crippen molar-refractivity contribution >= 4 is 23.3 Å². The first-order chi connectivity index (χ1) is 9.43. The largest absolute Gasteiger partial charge is 0.355 e. The zero-order chi connectivity index (χ0) is 14.8. The van der Waals surface area contributed by atoms with Gasteiger partial charge in [-0.15, -0.1) is 0 Å². The van der Waals surface area contributed by atoms with Crippen LogP contribution in [0.15, 0.2) is 6.20 Å². The van der Waals surface area contributed by atoms with Gasteiger partial charge < -0.3 is 4.90 Å². The van der Waals surface area contributed by atoms with Crippen molar-refractivity contribution in [1.29, 1.82) is 0 Å². The Labute approximate surface area is 119 Å². The smallest absolute Gasteiger partial charge is 0.287 e. The van der Waals surface area contributed by atoms with Crippen LogP contribution in [0.5, 0.6) is 0 Å². The van der Waals surface area contributed by atoms with Gasteiger partial charge in [0.2, 0.25) is 5.92 Å². The molecule has 3 N–H and O–H groups in total. The van der Waals surface area contributed by atoms with E-state index in [2.05, 4.69) is 9.97 Å². The molecule has 20 heavy (non-hydrogen) atoms. The normalized spacial score (nSPS) is 18.5. The summed E-state index contributed by atoms with van der Waals surface area (Å²) in [5.74, 6) is 2.02. The minimum Gasteiger partial charge on any atom is -0.355 e. The number of halogens is 3. The highest BCUT2D eigenvalue weighted by molar-refractivity contribution is 6.32. The fraction of sp³-hybridized carbons (Fsp3) is 0.545. The first-order valence-electron chi connectivity index (χ1n) is 6.09. The lowest BCUT2D eigenvalue weighted by atomic mass is 10.1. The van der Waals surface area contributed by atoms with Crippen LogP contribution in [-0.4, -0.2) is 34.9 Å². The number of nitrogens with two attached hydrogens (primary N) is 1. The summed E-state index contributed by atoms with van der Waals surface area (Å²) >= 11 is 5.76. The quantitative estimate of drug-likeness (QED) is 0.489. The van der Waals surface area contributed by atoms with Crippen molar-refractivity contribution < 1.29 is 13.6 Å².